The molecule has 0 aliphatic rings. The van der Waals surface area contributed by atoms with E-state index in [0.717, 1.165) is 0 Å². The molecule has 1 aromatic carbocycles. The predicted molar refractivity (Wildman–Crippen MR) is 69.4 cm³/mol. The van der Waals surface area contributed by atoms with Gasteiger partial charge in [-0.05, 0) is 6.92 Å². The highest BCUT2D eigenvalue weighted by atomic mass is 32.2. The van der Waals surface area contributed by atoms with Crippen LogP contribution in [0.2, 0.25) is 0 Å². The lowest BCUT2D eigenvalue weighted by molar-refractivity contribution is 0.0682. The van der Waals surface area contributed by atoms with E-state index >= 15 is 0 Å². The zero-order valence-electron chi connectivity index (χ0n) is 12.1. The lowest BCUT2D eigenvalue weighted by Gasteiger charge is -2.03. The summed E-state index contributed by atoms with van der Waals surface area (Å²) in [6.45, 7) is 1.39. The summed E-state index contributed by atoms with van der Waals surface area (Å²) in [7, 11) is -3.67. The SMILES string of the molecule is CC(O)CO.CS(=O)(=O)O.O=C(O)c1c(F)c(F)c(F)c(F)c1F. The summed E-state index contributed by atoms with van der Waals surface area (Å²) in [6.07, 6.45) is 0.155. The lowest BCUT2D eigenvalue weighted by atomic mass is 10.1. The third kappa shape index (κ3) is 9.34. The number of carboxylic acid groups (broad SMARTS) is 1. The van der Waals surface area contributed by atoms with Gasteiger partial charge in [-0.2, -0.15) is 8.42 Å². The zero-order valence-corrected chi connectivity index (χ0v) is 12.9. The summed E-state index contributed by atoms with van der Waals surface area (Å²) in [5.74, 6) is -13.9. The van der Waals surface area contributed by atoms with Gasteiger partial charge < -0.3 is 15.3 Å². The predicted octanol–water partition coefficient (Wildman–Crippen LogP) is 0.944. The topological polar surface area (TPSA) is 132 Å². The van der Waals surface area contributed by atoms with Crippen LogP contribution in [0.1, 0.15) is 17.3 Å². The van der Waals surface area contributed by atoms with Crippen LogP contribution in [0.5, 0.6) is 0 Å². The molecule has 0 fully saturated rings. The molecule has 4 N–H and O–H groups in total. The number of hydrogen-bond acceptors (Lipinski definition) is 5. The molecule has 1 unspecified atom stereocenters. The van der Waals surface area contributed by atoms with Crippen LogP contribution in [0, 0.1) is 29.1 Å². The van der Waals surface area contributed by atoms with E-state index in [0.29, 0.717) is 6.26 Å². The molecule has 1 rings (SSSR count). The Morgan fingerprint density at radius 3 is 1.38 bits per heavy atom. The minimum absolute atomic E-state index is 0.139. The van der Waals surface area contributed by atoms with Crippen LogP contribution < -0.4 is 0 Å². The van der Waals surface area contributed by atoms with E-state index in [4.69, 9.17) is 19.9 Å². The molecule has 0 aromatic heterocycles. The zero-order chi connectivity index (χ0) is 19.8. The van der Waals surface area contributed by atoms with Gasteiger partial charge in [0.2, 0.25) is 5.82 Å². The number of aliphatic hydroxyl groups excluding tert-OH is 2. The molecule has 0 aliphatic carbocycles. The van der Waals surface area contributed by atoms with Crippen molar-refractivity contribution in [1.29, 1.82) is 0 Å². The number of halogens is 5. The lowest BCUT2D eigenvalue weighted by Crippen LogP contribution is -2.11. The Labute approximate surface area is 132 Å². The molecular formula is C11H13F5O7S. The average Bonchev–Trinajstić information content (AvgIpc) is 2.41. The first kappa shape index (κ1) is 24.4. The Bertz CT molecular complexity index is 639. The van der Waals surface area contributed by atoms with Crippen LogP contribution in [0.25, 0.3) is 0 Å². The second-order valence-corrected chi connectivity index (χ2v) is 5.48. The van der Waals surface area contributed by atoms with Gasteiger partial charge in [0, 0.05) is 0 Å². The monoisotopic (exact) mass is 384 g/mol. The standard InChI is InChI=1S/C7HF5O2.C3H8O2.CH4O3S/c8-2-1(7(13)14)3(9)5(11)6(12)4(2)10;1-3(5)2-4;1-5(2,3)4/h(H,13,14);3-5H,2H2,1H3;1H3,(H,2,3,4). The first-order valence-corrected chi connectivity index (χ1v) is 7.46. The quantitative estimate of drug-likeness (QED) is 0.258. The number of benzene rings is 1. The molecule has 1 atom stereocenters. The van der Waals surface area contributed by atoms with Crippen LogP contribution in [0.15, 0.2) is 0 Å². The summed E-state index contributed by atoms with van der Waals surface area (Å²) >= 11 is 0. The molecule has 24 heavy (non-hydrogen) atoms. The highest BCUT2D eigenvalue weighted by Gasteiger charge is 2.29. The molecule has 13 heteroatoms. The van der Waals surface area contributed by atoms with Gasteiger partial charge >= 0.3 is 5.97 Å². The van der Waals surface area contributed by atoms with Crippen LogP contribution in [0.4, 0.5) is 22.0 Å². The molecule has 140 valence electrons. The molecule has 0 radical (unpaired) electrons. The highest BCUT2D eigenvalue weighted by Crippen LogP contribution is 2.22. The first-order valence-electron chi connectivity index (χ1n) is 5.61. The van der Waals surface area contributed by atoms with E-state index in [2.05, 4.69) is 0 Å². The van der Waals surface area contributed by atoms with Crippen molar-refractivity contribution in [3.8, 4) is 0 Å². The van der Waals surface area contributed by atoms with Crippen LogP contribution in [0.3, 0.4) is 0 Å². The number of aromatic carboxylic acids is 1. The fourth-order valence-electron chi connectivity index (χ4n) is 0.793. The van der Waals surface area contributed by atoms with E-state index in [-0.39, 0.29) is 6.61 Å². The molecule has 0 heterocycles. The highest BCUT2D eigenvalue weighted by molar-refractivity contribution is 7.85. The van der Waals surface area contributed by atoms with E-state index in [1.54, 1.807) is 0 Å². The van der Waals surface area contributed by atoms with Crippen molar-refractivity contribution in [2.75, 3.05) is 12.9 Å². The van der Waals surface area contributed by atoms with Gasteiger partial charge in [0.15, 0.2) is 23.3 Å². The maximum atomic E-state index is 12.6. The van der Waals surface area contributed by atoms with Crippen LogP contribution in [-0.2, 0) is 10.1 Å². The molecule has 0 aliphatic heterocycles. The van der Waals surface area contributed by atoms with Crippen LogP contribution >= 0.6 is 0 Å². The van der Waals surface area contributed by atoms with Gasteiger partial charge in [0.25, 0.3) is 10.1 Å². The van der Waals surface area contributed by atoms with Gasteiger partial charge in [0.1, 0.15) is 5.56 Å². The largest absolute Gasteiger partial charge is 0.477 e. The van der Waals surface area contributed by atoms with Crippen molar-refractivity contribution in [2.45, 2.75) is 13.0 Å². The summed E-state index contributed by atoms with van der Waals surface area (Å²) in [5, 5.41) is 24.2. The molecule has 1 aromatic rings. The second kappa shape index (κ2) is 10.1. The van der Waals surface area contributed by atoms with E-state index in [1.165, 1.54) is 6.92 Å². The molecule has 0 bridgehead atoms. The van der Waals surface area contributed by atoms with Crippen molar-refractivity contribution in [3.63, 3.8) is 0 Å². The maximum Gasteiger partial charge on any atom is 0.341 e. The number of aliphatic hydroxyl groups is 2. The van der Waals surface area contributed by atoms with Crippen LogP contribution in [-0.4, -0.2) is 53.2 Å². The summed E-state index contributed by atoms with van der Waals surface area (Å²) in [6, 6.07) is 0. The Morgan fingerprint density at radius 1 is 1.00 bits per heavy atom. The fourth-order valence-corrected chi connectivity index (χ4v) is 0.793. The van der Waals surface area contributed by atoms with E-state index < -0.39 is 56.8 Å². The van der Waals surface area contributed by atoms with Gasteiger partial charge in [-0.1, -0.05) is 0 Å². The molecule has 0 saturated carbocycles. The van der Waals surface area contributed by atoms with Gasteiger partial charge in [0.05, 0.1) is 19.0 Å². The number of carbonyl (C=O) groups is 1. The molecule has 0 spiro atoms. The van der Waals surface area contributed by atoms with E-state index in [9.17, 15) is 35.2 Å². The molecule has 0 amide bonds. The third-order valence-electron chi connectivity index (χ3n) is 1.69. The second-order valence-electron chi connectivity index (χ2n) is 4.01. The Morgan fingerprint density at radius 2 is 1.21 bits per heavy atom. The van der Waals surface area contributed by atoms with Gasteiger partial charge in [-0.15, -0.1) is 0 Å². The summed E-state index contributed by atoms with van der Waals surface area (Å²) < 4.78 is 88.0. The molecular weight excluding hydrogens is 371 g/mol. The molecule has 0 saturated heterocycles. The average molecular weight is 384 g/mol. The summed E-state index contributed by atoms with van der Waals surface area (Å²) in [4.78, 5) is 10.1. The number of carboxylic acids is 1. The number of hydrogen-bond donors (Lipinski definition) is 4. The van der Waals surface area contributed by atoms with Crippen molar-refractivity contribution in [2.24, 2.45) is 0 Å². The minimum Gasteiger partial charge on any atom is -0.477 e. The minimum atomic E-state index is -3.67. The van der Waals surface area contributed by atoms with Crippen molar-refractivity contribution < 1.29 is 55.0 Å². The van der Waals surface area contributed by atoms with Crippen molar-refractivity contribution in [1.82, 2.24) is 0 Å². The smallest absolute Gasteiger partial charge is 0.341 e. The Kier molecular flexibility index (Phi) is 10.3. The fraction of sp³-hybridized carbons (Fsp3) is 0.364. The molecule has 7 nitrogen and oxygen atoms in total. The third-order valence-corrected chi connectivity index (χ3v) is 1.69. The summed E-state index contributed by atoms with van der Waals surface area (Å²) in [5.41, 5.74) is -1.86. The van der Waals surface area contributed by atoms with Gasteiger partial charge in [-0.3, -0.25) is 4.55 Å². The van der Waals surface area contributed by atoms with Gasteiger partial charge in [-0.25, -0.2) is 26.7 Å². The Hall–Kier alpha value is -1.83. The Balaban J connectivity index is 0. The van der Waals surface area contributed by atoms with E-state index in [1.807, 2.05) is 0 Å². The number of rotatable bonds is 2. The maximum absolute atomic E-state index is 12.6. The van der Waals surface area contributed by atoms with Crippen molar-refractivity contribution in [3.05, 3.63) is 34.6 Å². The normalized spacial score (nSPS) is 11.6. The van der Waals surface area contributed by atoms with Crippen molar-refractivity contribution >= 4 is 16.1 Å². The first-order chi connectivity index (χ1) is 10.6.